The Kier molecular flexibility index (Phi) is 8.47. The third-order valence-corrected chi connectivity index (χ3v) is 6.18. The molecule has 1 aromatic carbocycles. The molecule has 7 nitrogen and oxygen atoms in total. The van der Waals surface area contributed by atoms with Gasteiger partial charge in [0.05, 0.1) is 12.2 Å². The average molecular weight is 534 g/mol. The number of hydrogen-bond acceptors (Lipinski definition) is 7. The zero-order chi connectivity index (χ0) is 24.8. The van der Waals surface area contributed by atoms with Crippen molar-refractivity contribution in [2.24, 2.45) is 0 Å². The Morgan fingerprint density at radius 1 is 1.26 bits per heavy atom. The highest BCUT2D eigenvalue weighted by atomic mass is 35.5. The Bertz CT molecular complexity index is 1320. The smallest absolute Gasteiger partial charge is 0.348 e. The summed E-state index contributed by atoms with van der Waals surface area (Å²) in [6.45, 7) is 3.55. The number of benzene rings is 1. The van der Waals surface area contributed by atoms with E-state index in [0.717, 1.165) is 11.3 Å². The maximum atomic E-state index is 12.3. The van der Waals surface area contributed by atoms with Crippen molar-refractivity contribution in [3.05, 3.63) is 68.2 Å². The van der Waals surface area contributed by atoms with E-state index in [2.05, 4.69) is 10.6 Å². The van der Waals surface area contributed by atoms with Crippen molar-refractivity contribution in [3.8, 4) is 17.4 Å². The van der Waals surface area contributed by atoms with Crippen LogP contribution in [0.4, 0.5) is 5.00 Å². The average Bonchev–Trinajstić information content (AvgIpc) is 3.36. The SMILES string of the molecule is CCOC(=O)c1sc(NC(=S)NC(=O)/C=C/c2ccc(-c3cc(Cl)cc(Cl)c3)o2)c(C#N)c1C. The van der Waals surface area contributed by atoms with E-state index in [9.17, 15) is 14.9 Å². The zero-order valence-corrected chi connectivity index (χ0v) is 21.0. The second kappa shape index (κ2) is 11.3. The van der Waals surface area contributed by atoms with Crippen LogP contribution in [0.25, 0.3) is 17.4 Å². The number of nitrogens with zero attached hydrogens (tertiary/aromatic N) is 1. The summed E-state index contributed by atoms with van der Waals surface area (Å²) in [5, 5.41) is 16.0. The molecule has 3 rings (SSSR count). The lowest BCUT2D eigenvalue weighted by atomic mass is 10.2. The molecule has 0 aliphatic rings. The van der Waals surface area contributed by atoms with E-state index in [-0.39, 0.29) is 17.3 Å². The number of thiocarbonyl (C=S) groups is 1. The maximum absolute atomic E-state index is 12.3. The van der Waals surface area contributed by atoms with Gasteiger partial charge >= 0.3 is 5.97 Å². The molecule has 2 heterocycles. The number of thiophene rings is 1. The van der Waals surface area contributed by atoms with Gasteiger partial charge in [0.2, 0.25) is 5.91 Å². The van der Waals surface area contributed by atoms with Crippen LogP contribution in [0.15, 0.2) is 40.8 Å². The van der Waals surface area contributed by atoms with Crippen molar-refractivity contribution in [2.75, 3.05) is 11.9 Å². The van der Waals surface area contributed by atoms with Crippen molar-refractivity contribution >= 4 is 74.8 Å². The summed E-state index contributed by atoms with van der Waals surface area (Å²) in [4.78, 5) is 24.6. The van der Waals surface area contributed by atoms with Gasteiger partial charge in [-0.25, -0.2) is 4.79 Å². The molecule has 0 aliphatic carbocycles. The molecule has 0 atom stereocenters. The molecule has 3 aromatic rings. The summed E-state index contributed by atoms with van der Waals surface area (Å²) < 4.78 is 10.7. The van der Waals surface area contributed by atoms with Crippen LogP contribution in [0.5, 0.6) is 0 Å². The fourth-order valence-corrected chi connectivity index (χ4v) is 4.72. The van der Waals surface area contributed by atoms with Gasteiger partial charge in [0.15, 0.2) is 5.11 Å². The fraction of sp³-hybridized carbons (Fsp3) is 0.130. The van der Waals surface area contributed by atoms with Crippen LogP contribution in [-0.2, 0) is 9.53 Å². The third kappa shape index (κ3) is 6.24. The fourth-order valence-electron chi connectivity index (χ4n) is 2.87. The van der Waals surface area contributed by atoms with Gasteiger partial charge < -0.3 is 14.5 Å². The summed E-state index contributed by atoms with van der Waals surface area (Å²) in [6, 6.07) is 10.5. The molecular formula is C23H17Cl2N3O4S2. The molecule has 2 aromatic heterocycles. The number of anilines is 1. The lowest BCUT2D eigenvalue weighted by Gasteiger charge is -2.06. The molecule has 0 saturated heterocycles. The van der Waals surface area contributed by atoms with Gasteiger partial charge in [-0.2, -0.15) is 5.26 Å². The Hall–Kier alpha value is -3.16. The first-order chi connectivity index (χ1) is 16.2. The van der Waals surface area contributed by atoms with Gasteiger partial charge in [0.1, 0.15) is 27.5 Å². The summed E-state index contributed by atoms with van der Waals surface area (Å²) >= 11 is 18.2. The number of carbonyl (C=O) groups excluding carboxylic acids is 2. The first kappa shape index (κ1) is 25.5. The summed E-state index contributed by atoms with van der Waals surface area (Å²) in [7, 11) is 0. The van der Waals surface area contributed by atoms with E-state index >= 15 is 0 Å². The summed E-state index contributed by atoms with van der Waals surface area (Å²) in [5.41, 5.74) is 1.44. The number of esters is 1. The van der Waals surface area contributed by atoms with Crippen LogP contribution in [0.3, 0.4) is 0 Å². The standard InChI is InChI=1S/C23H17Cl2N3O4S2/c1-3-31-22(30)20-12(2)17(11-26)21(34-20)28-23(33)27-19(29)7-5-16-4-6-18(32-16)13-8-14(24)10-15(25)9-13/h4-10H,3H2,1-2H3,(H2,27,28,29,33)/b7-5+. The van der Waals surface area contributed by atoms with Gasteiger partial charge in [-0.1, -0.05) is 23.2 Å². The Labute approximate surface area is 214 Å². The van der Waals surface area contributed by atoms with Crippen LogP contribution in [-0.4, -0.2) is 23.6 Å². The van der Waals surface area contributed by atoms with E-state index in [0.29, 0.717) is 42.6 Å². The molecule has 1 amide bonds. The van der Waals surface area contributed by atoms with Crippen molar-refractivity contribution in [3.63, 3.8) is 0 Å². The quantitative estimate of drug-likeness (QED) is 0.221. The predicted molar refractivity (Wildman–Crippen MR) is 137 cm³/mol. The Balaban J connectivity index is 1.64. The lowest BCUT2D eigenvalue weighted by molar-refractivity contribution is -0.115. The van der Waals surface area contributed by atoms with Gasteiger partial charge in [0, 0.05) is 21.7 Å². The highest BCUT2D eigenvalue weighted by Gasteiger charge is 2.21. The predicted octanol–water partition coefficient (Wildman–Crippen LogP) is 6.20. The van der Waals surface area contributed by atoms with E-state index in [1.54, 1.807) is 44.2 Å². The second-order valence-electron chi connectivity index (χ2n) is 6.73. The van der Waals surface area contributed by atoms with Gasteiger partial charge in [0.25, 0.3) is 0 Å². The highest BCUT2D eigenvalue weighted by molar-refractivity contribution is 7.80. The van der Waals surface area contributed by atoms with Crippen LogP contribution in [0, 0.1) is 18.3 Å². The molecule has 0 fully saturated rings. The molecule has 11 heteroatoms. The van der Waals surface area contributed by atoms with E-state index in [4.69, 9.17) is 44.6 Å². The highest BCUT2D eigenvalue weighted by Crippen LogP contribution is 2.33. The second-order valence-corrected chi connectivity index (χ2v) is 9.03. The number of ether oxygens (including phenoxy) is 1. The number of furan rings is 1. The monoisotopic (exact) mass is 533 g/mol. The molecule has 0 radical (unpaired) electrons. The van der Waals surface area contributed by atoms with E-state index in [1.807, 2.05) is 6.07 Å². The Morgan fingerprint density at radius 2 is 1.97 bits per heavy atom. The summed E-state index contributed by atoms with van der Waals surface area (Å²) in [6.07, 6.45) is 2.72. The number of nitriles is 1. The maximum Gasteiger partial charge on any atom is 0.348 e. The first-order valence-electron chi connectivity index (χ1n) is 9.78. The molecule has 0 saturated carbocycles. The first-order valence-corrected chi connectivity index (χ1v) is 11.8. The zero-order valence-electron chi connectivity index (χ0n) is 17.9. The van der Waals surface area contributed by atoms with Crippen molar-refractivity contribution in [2.45, 2.75) is 13.8 Å². The molecular weight excluding hydrogens is 517 g/mol. The molecule has 0 spiro atoms. The molecule has 34 heavy (non-hydrogen) atoms. The van der Waals surface area contributed by atoms with E-state index in [1.165, 1.54) is 12.2 Å². The minimum absolute atomic E-state index is 0.0310. The molecule has 174 valence electrons. The van der Waals surface area contributed by atoms with Crippen LogP contribution >= 0.6 is 46.8 Å². The van der Waals surface area contributed by atoms with Crippen LogP contribution in [0.2, 0.25) is 10.0 Å². The normalized spacial score (nSPS) is 10.7. The van der Waals surface area contributed by atoms with Crippen LogP contribution < -0.4 is 10.6 Å². The third-order valence-electron chi connectivity index (χ3n) is 4.36. The number of rotatable bonds is 6. The number of carbonyl (C=O) groups is 2. The lowest BCUT2D eigenvalue weighted by Crippen LogP contribution is -2.32. The number of hydrogen-bond donors (Lipinski definition) is 2. The summed E-state index contributed by atoms with van der Waals surface area (Å²) in [5.74, 6) is -0.0695. The topological polar surface area (TPSA) is 104 Å². The largest absolute Gasteiger partial charge is 0.462 e. The minimum Gasteiger partial charge on any atom is -0.462 e. The number of halogens is 2. The van der Waals surface area contributed by atoms with E-state index < -0.39 is 11.9 Å². The Morgan fingerprint density at radius 3 is 2.62 bits per heavy atom. The molecule has 0 unspecified atom stereocenters. The van der Waals surface area contributed by atoms with Crippen molar-refractivity contribution in [1.29, 1.82) is 5.26 Å². The molecule has 0 bridgehead atoms. The van der Waals surface area contributed by atoms with Gasteiger partial charge in [-0.3, -0.25) is 10.1 Å². The van der Waals surface area contributed by atoms with Gasteiger partial charge in [-0.15, -0.1) is 11.3 Å². The minimum atomic E-state index is -0.523. The van der Waals surface area contributed by atoms with Crippen molar-refractivity contribution in [1.82, 2.24) is 5.32 Å². The van der Waals surface area contributed by atoms with Crippen molar-refractivity contribution < 1.29 is 18.7 Å². The number of nitrogens with one attached hydrogen (secondary N) is 2. The molecule has 0 aliphatic heterocycles. The molecule has 2 N–H and O–H groups in total. The van der Waals surface area contributed by atoms with Gasteiger partial charge in [-0.05, 0) is 68.0 Å². The van der Waals surface area contributed by atoms with Crippen LogP contribution in [0.1, 0.15) is 33.5 Å². The number of amides is 1.